The predicted molar refractivity (Wildman–Crippen MR) is 188 cm³/mol. The van der Waals surface area contributed by atoms with Gasteiger partial charge in [0.2, 0.25) is 11.8 Å². The average molecular weight is 666 g/mol. The molecule has 246 valence electrons. The molecule has 0 saturated carbocycles. The third-order valence-electron chi connectivity index (χ3n) is 12.8. The SMILES string of the molecule is O=C1C2C3c4ccccc4C(/C=N/N4C(=O)C5C6c7ccccc7C(c7ccccc76)C5C4=O)(c4ccccc43)C2C(=O)N1Cc1ccccc1. The standard InChI is InChI=1S/C44H31N3O4/c48-40-38-35-29-18-8-10-20-31(29)44(32-21-11-9-19-30(32)35,39(38)43(51)46(40)22-24-12-2-1-3-13-24)23-45-47-41(49)36-33-25-14-4-5-15-26(25)34(37(36)42(47)50)28-17-7-6-16-27(28)33/h1-21,23,33-39H,22H2/b45-23+. The molecule has 8 aliphatic rings. The summed E-state index contributed by atoms with van der Waals surface area (Å²) < 4.78 is 0. The Morgan fingerprint density at radius 3 is 1.43 bits per heavy atom. The molecule has 0 N–H and O–H groups in total. The predicted octanol–water partition coefficient (Wildman–Crippen LogP) is 6.11. The van der Waals surface area contributed by atoms with E-state index in [0.29, 0.717) is 0 Å². The number of hydrazone groups is 1. The van der Waals surface area contributed by atoms with E-state index in [1.54, 1.807) is 6.21 Å². The molecule has 2 fully saturated rings. The van der Waals surface area contributed by atoms with E-state index in [1.807, 2.05) is 103 Å². The van der Waals surface area contributed by atoms with Gasteiger partial charge in [0, 0.05) is 24.0 Å². The van der Waals surface area contributed by atoms with Crippen LogP contribution in [0.3, 0.4) is 0 Å². The molecule has 4 bridgehead atoms. The maximum absolute atomic E-state index is 14.7. The van der Waals surface area contributed by atoms with Crippen LogP contribution in [0.15, 0.2) is 132 Å². The zero-order chi connectivity index (χ0) is 34.2. The van der Waals surface area contributed by atoms with Crippen LogP contribution < -0.4 is 0 Å². The molecule has 0 aromatic heterocycles. The lowest BCUT2D eigenvalue weighted by molar-refractivity contribution is -0.141. The molecule has 0 radical (unpaired) electrons. The number of hydrogen-bond donors (Lipinski definition) is 0. The molecule has 51 heavy (non-hydrogen) atoms. The third-order valence-corrected chi connectivity index (χ3v) is 12.8. The molecule has 2 saturated heterocycles. The van der Waals surface area contributed by atoms with Gasteiger partial charge in [-0.15, -0.1) is 0 Å². The Balaban J connectivity index is 1.07. The van der Waals surface area contributed by atoms with Gasteiger partial charge < -0.3 is 0 Å². The first kappa shape index (κ1) is 28.8. The highest BCUT2D eigenvalue weighted by atomic mass is 16.2. The first-order valence-electron chi connectivity index (χ1n) is 17.7. The van der Waals surface area contributed by atoms with Crippen molar-refractivity contribution in [3.05, 3.63) is 177 Å². The summed E-state index contributed by atoms with van der Waals surface area (Å²) in [5, 5.41) is 5.97. The van der Waals surface area contributed by atoms with Gasteiger partial charge in [-0.25, -0.2) is 0 Å². The molecule has 7 heteroatoms. The molecule has 2 heterocycles. The van der Waals surface area contributed by atoms with E-state index < -0.39 is 29.1 Å². The van der Waals surface area contributed by atoms with Gasteiger partial charge in [0.15, 0.2) is 0 Å². The molecular weight excluding hydrogens is 635 g/mol. The molecule has 2 aliphatic heterocycles. The van der Waals surface area contributed by atoms with E-state index in [-0.39, 0.29) is 47.9 Å². The fraction of sp³-hybridized carbons (Fsp3) is 0.205. The Hall–Kier alpha value is -5.95. The van der Waals surface area contributed by atoms with Crippen molar-refractivity contribution in [2.24, 2.45) is 28.8 Å². The number of likely N-dealkylation sites (tertiary alicyclic amines) is 1. The van der Waals surface area contributed by atoms with Crippen LogP contribution in [-0.4, -0.2) is 39.8 Å². The quantitative estimate of drug-likeness (QED) is 0.171. The van der Waals surface area contributed by atoms with E-state index in [4.69, 9.17) is 5.10 Å². The summed E-state index contributed by atoms with van der Waals surface area (Å²) in [4.78, 5) is 59.8. The first-order chi connectivity index (χ1) is 25.0. The Kier molecular flexibility index (Phi) is 5.69. The monoisotopic (exact) mass is 665 g/mol. The lowest BCUT2D eigenvalue weighted by Gasteiger charge is -2.52. The highest BCUT2D eigenvalue weighted by molar-refractivity contribution is 6.12. The average Bonchev–Trinajstić information content (AvgIpc) is 3.59. The minimum absolute atomic E-state index is 0.175. The van der Waals surface area contributed by atoms with Crippen LogP contribution in [0.5, 0.6) is 0 Å². The summed E-state index contributed by atoms with van der Waals surface area (Å²) >= 11 is 0. The lowest BCUT2D eigenvalue weighted by Crippen LogP contribution is -2.55. The number of benzene rings is 5. The Labute approximate surface area is 294 Å². The molecule has 5 aromatic rings. The second-order valence-corrected chi connectivity index (χ2v) is 14.8. The molecule has 7 nitrogen and oxygen atoms in total. The number of rotatable bonds is 4. The maximum atomic E-state index is 14.7. The largest absolute Gasteiger partial charge is 0.278 e. The van der Waals surface area contributed by atoms with Crippen LogP contribution in [0.25, 0.3) is 0 Å². The Morgan fingerprint density at radius 2 is 0.922 bits per heavy atom. The summed E-state index contributed by atoms with van der Waals surface area (Å²) in [5.74, 6) is -4.50. The van der Waals surface area contributed by atoms with E-state index in [2.05, 4.69) is 24.3 Å². The lowest BCUT2D eigenvalue weighted by atomic mass is 9.47. The summed E-state index contributed by atoms with van der Waals surface area (Å²) in [5.41, 5.74) is 7.80. The van der Waals surface area contributed by atoms with Gasteiger partial charge in [-0.05, 0) is 50.1 Å². The van der Waals surface area contributed by atoms with E-state index >= 15 is 0 Å². The molecule has 6 aliphatic carbocycles. The highest BCUT2D eigenvalue weighted by Crippen LogP contribution is 2.64. The highest BCUT2D eigenvalue weighted by Gasteiger charge is 2.68. The van der Waals surface area contributed by atoms with Crippen molar-refractivity contribution in [3.63, 3.8) is 0 Å². The molecule has 4 atom stereocenters. The van der Waals surface area contributed by atoms with Gasteiger partial charge in [-0.3, -0.25) is 24.1 Å². The number of imide groups is 2. The van der Waals surface area contributed by atoms with Gasteiger partial charge in [0.1, 0.15) is 0 Å². The minimum Gasteiger partial charge on any atom is -0.278 e. The van der Waals surface area contributed by atoms with Crippen molar-refractivity contribution in [3.8, 4) is 0 Å². The van der Waals surface area contributed by atoms with Gasteiger partial charge in [-0.1, -0.05) is 127 Å². The van der Waals surface area contributed by atoms with Gasteiger partial charge in [-0.2, -0.15) is 10.1 Å². The summed E-state index contributed by atoms with van der Waals surface area (Å²) in [6, 6.07) is 41.8. The Bertz CT molecular complexity index is 2260. The minimum atomic E-state index is -1.18. The second-order valence-electron chi connectivity index (χ2n) is 14.8. The van der Waals surface area contributed by atoms with Crippen LogP contribution in [0.4, 0.5) is 0 Å². The summed E-state index contributed by atoms with van der Waals surface area (Å²) in [6.45, 7) is 0.175. The maximum Gasteiger partial charge on any atom is 0.254 e. The zero-order valence-corrected chi connectivity index (χ0v) is 27.4. The van der Waals surface area contributed by atoms with E-state index in [9.17, 15) is 19.2 Å². The smallest absolute Gasteiger partial charge is 0.254 e. The van der Waals surface area contributed by atoms with Crippen molar-refractivity contribution in [1.82, 2.24) is 9.91 Å². The topological polar surface area (TPSA) is 87.1 Å². The Morgan fingerprint density at radius 1 is 0.490 bits per heavy atom. The van der Waals surface area contributed by atoms with Crippen LogP contribution >= 0.6 is 0 Å². The fourth-order valence-corrected chi connectivity index (χ4v) is 11.0. The molecular formula is C44H31N3O4. The number of amides is 4. The number of nitrogens with zero attached hydrogens (tertiary/aromatic N) is 3. The molecule has 4 amide bonds. The third kappa shape index (κ3) is 3.46. The van der Waals surface area contributed by atoms with Gasteiger partial charge >= 0.3 is 0 Å². The van der Waals surface area contributed by atoms with E-state index in [0.717, 1.165) is 55.1 Å². The van der Waals surface area contributed by atoms with Crippen molar-refractivity contribution in [1.29, 1.82) is 0 Å². The molecule has 0 spiro atoms. The van der Waals surface area contributed by atoms with Crippen LogP contribution in [0.2, 0.25) is 0 Å². The second kappa shape index (κ2) is 10.1. The van der Waals surface area contributed by atoms with Gasteiger partial charge in [0.05, 0.1) is 35.6 Å². The van der Waals surface area contributed by atoms with Crippen LogP contribution in [0, 0.1) is 23.7 Å². The summed E-state index contributed by atoms with van der Waals surface area (Å²) in [7, 11) is 0. The van der Waals surface area contributed by atoms with Crippen molar-refractivity contribution in [2.45, 2.75) is 29.7 Å². The van der Waals surface area contributed by atoms with E-state index in [1.165, 1.54) is 4.90 Å². The number of carbonyl (C=O) groups is 4. The van der Waals surface area contributed by atoms with Gasteiger partial charge in [0.25, 0.3) is 11.8 Å². The molecule has 13 rings (SSSR count). The van der Waals surface area contributed by atoms with Crippen molar-refractivity contribution < 1.29 is 19.2 Å². The summed E-state index contributed by atoms with van der Waals surface area (Å²) in [6.07, 6.45) is 1.67. The zero-order valence-electron chi connectivity index (χ0n) is 27.4. The molecule has 4 unspecified atom stereocenters. The molecule has 5 aromatic carbocycles. The van der Waals surface area contributed by atoms with Crippen LogP contribution in [0.1, 0.15) is 67.8 Å². The van der Waals surface area contributed by atoms with Crippen molar-refractivity contribution in [2.75, 3.05) is 0 Å². The number of carbonyl (C=O) groups excluding carboxylic acids is 4. The normalized spacial score (nSPS) is 30.3. The van der Waals surface area contributed by atoms with Crippen LogP contribution in [-0.2, 0) is 31.1 Å². The fourth-order valence-electron chi connectivity index (χ4n) is 11.0. The van der Waals surface area contributed by atoms with Crippen molar-refractivity contribution >= 4 is 29.8 Å². The first-order valence-corrected chi connectivity index (χ1v) is 17.7. The number of hydrogen-bond acceptors (Lipinski definition) is 5.